The summed E-state index contributed by atoms with van der Waals surface area (Å²) in [5.41, 5.74) is 6.00. The Labute approximate surface area is 241 Å². The normalized spacial score (nSPS) is 23.8. The van der Waals surface area contributed by atoms with E-state index in [0.29, 0.717) is 11.2 Å². The van der Waals surface area contributed by atoms with Crippen molar-refractivity contribution >= 4 is 59.2 Å². The number of aliphatic hydroxyl groups is 1. The number of nitrogens with two attached hydrogens (primary N) is 1. The van der Waals surface area contributed by atoms with Gasteiger partial charge in [0.1, 0.15) is 35.5 Å². The molecule has 224 valence electrons. The molecular weight excluding hydrogens is 587 g/mol. The van der Waals surface area contributed by atoms with E-state index in [2.05, 4.69) is 20.0 Å². The van der Waals surface area contributed by atoms with Crippen molar-refractivity contribution in [2.45, 2.75) is 77.5 Å². The zero-order chi connectivity index (χ0) is 29.8. The smallest absolute Gasteiger partial charge is 0.406 e. The minimum atomic E-state index is -4.16. The third-order valence-electron chi connectivity index (χ3n) is 5.61. The fourth-order valence-corrected chi connectivity index (χ4v) is 6.27. The van der Waals surface area contributed by atoms with Gasteiger partial charge in [-0.3, -0.25) is 23.2 Å². The molecule has 3 heterocycles. The minimum Gasteiger partial charge on any atom is -0.462 e. The predicted octanol–water partition coefficient (Wildman–Crippen LogP) is 2.65. The number of ether oxygens (including phenoxy) is 2. The molecule has 0 bridgehead atoms. The van der Waals surface area contributed by atoms with Gasteiger partial charge in [-0.05, 0) is 20.8 Å². The molecular formula is C23H36ClN6O8PS. The maximum atomic E-state index is 13.6. The summed E-state index contributed by atoms with van der Waals surface area (Å²) >= 11 is 7.51. The number of thioether (sulfide) groups is 1. The molecule has 17 heteroatoms. The number of alkyl halides is 1. The average molecular weight is 623 g/mol. The molecule has 1 fully saturated rings. The summed E-state index contributed by atoms with van der Waals surface area (Å²) in [5.74, 6) is -0.292. The van der Waals surface area contributed by atoms with E-state index in [4.69, 9.17) is 35.9 Å². The van der Waals surface area contributed by atoms with Gasteiger partial charge < -0.3 is 20.3 Å². The maximum absolute atomic E-state index is 13.6. The number of carbonyl (C=O) groups excluding carboxylic acids is 2. The largest absolute Gasteiger partial charge is 0.462 e. The van der Waals surface area contributed by atoms with E-state index >= 15 is 0 Å². The van der Waals surface area contributed by atoms with Crippen LogP contribution in [0.4, 0.5) is 5.82 Å². The van der Waals surface area contributed by atoms with Crippen molar-refractivity contribution in [2.24, 2.45) is 5.41 Å². The molecule has 4 N–H and O–H groups in total. The van der Waals surface area contributed by atoms with Crippen LogP contribution in [-0.4, -0.2) is 84.4 Å². The lowest BCUT2D eigenvalue weighted by Crippen LogP contribution is -2.37. The monoisotopic (exact) mass is 622 g/mol. The summed E-state index contributed by atoms with van der Waals surface area (Å²) in [5, 5.41) is 12.3. The second-order valence-electron chi connectivity index (χ2n) is 10.4. The van der Waals surface area contributed by atoms with E-state index < -0.39 is 61.7 Å². The number of rotatable bonds is 12. The van der Waals surface area contributed by atoms with E-state index in [0.717, 1.165) is 11.8 Å². The van der Waals surface area contributed by atoms with Gasteiger partial charge in [-0.1, -0.05) is 32.5 Å². The molecule has 0 amide bonds. The first-order chi connectivity index (χ1) is 18.6. The number of nitrogens with zero attached hydrogens (tertiary/aromatic N) is 4. The van der Waals surface area contributed by atoms with Crippen LogP contribution in [-0.2, 0) is 32.7 Å². The van der Waals surface area contributed by atoms with Crippen LogP contribution < -0.4 is 10.8 Å². The van der Waals surface area contributed by atoms with Crippen molar-refractivity contribution < 1.29 is 37.8 Å². The van der Waals surface area contributed by atoms with Crippen molar-refractivity contribution in [2.75, 3.05) is 24.7 Å². The van der Waals surface area contributed by atoms with Crippen LogP contribution in [0, 0.1) is 5.41 Å². The summed E-state index contributed by atoms with van der Waals surface area (Å²) in [4.78, 5) is 36.8. The quantitative estimate of drug-likeness (QED) is 0.135. The fourth-order valence-electron chi connectivity index (χ4n) is 3.54. The van der Waals surface area contributed by atoms with Crippen molar-refractivity contribution in [1.29, 1.82) is 0 Å². The molecule has 6 atom stereocenters. The van der Waals surface area contributed by atoms with Gasteiger partial charge in [0.25, 0.3) is 0 Å². The van der Waals surface area contributed by atoms with E-state index in [-0.39, 0.29) is 23.3 Å². The minimum absolute atomic E-state index is 0.0607. The Hall–Kier alpha value is -1.84. The number of fused-ring (bicyclic) bond motifs is 1. The number of nitrogen functional groups attached to an aromatic ring is 1. The molecule has 3 rings (SSSR count). The van der Waals surface area contributed by atoms with Crippen LogP contribution >= 0.6 is 31.1 Å². The fraction of sp³-hybridized carbons (Fsp3) is 0.696. The summed E-state index contributed by atoms with van der Waals surface area (Å²) in [6, 6.07) is -1.05. The number of aliphatic hydroxyl groups excluding tert-OH is 1. The number of hydrogen-bond acceptors (Lipinski definition) is 13. The molecule has 40 heavy (non-hydrogen) atoms. The number of imidazole rings is 1. The lowest BCUT2D eigenvalue weighted by atomic mass is 10.00. The number of carbonyl (C=O) groups is 2. The standard InChI is InChI=1S/C23H36ClN6O8PS/c1-12(2)37-21(32)13(3)29-39(34,35-7-8-40-22(33)23(4,5)6)36-9-14-17(31)15(24)20(38-14)30-11-28-16-18(25)26-10-27-19(16)30/h10-15,17,20,31H,7-9H2,1-6H3,(H,29,34)(H2,25,26,27)/t13?,14-,15-,17-,20-,39?/m1/s1. The third kappa shape index (κ3) is 8.13. The van der Waals surface area contributed by atoms with Gasteiger partial charge in [-0.2, -0.15) is 0 Å². The van der Waals surface area contributed by atoms with E-state index in [9.17, 15) is 19.3 Å². The maximum Gasteiger partial charge on any atom is 0.406 e. The molecule has 14 nitrogen and oxygen atoms in total. The SMILES string of the molecule is CC(C)OC(=O)C(C)NP(=O)(OCCSC(=O)C(C)(C)C)OC[C@H]1O[C@@H](n2cnc3c(N)ncnc32)[C@H](Cl)[C@@H]1O. The van der Waals surface area contributed by atoms with E-state index in [1.54, 1.807) is 34.6 Å². The molecule has 2 aromatic rings. The summed E-state index contributed by atoms with van der Waals surface area (Å²) in [7, 11) is -4.16. The Balaban J connectivity index is 1.70. The van der Waals surface area contributed by atoms with Crippen LogP contribution in [0.15, 0.2) is 12.7 Å². The van der Waals surface area contributed by atoms with Gasteiger partial charge in [0.15, 0.2) is 22.8 Å². The zero-order valence-electron chi connectivity index (χ0n) is 23.1. The van der Waals surface area contributed by atoms with E-state index in [1.807, 2.05) is 0 Å². The zero-order valence-corrected chi connectivity index (χ0v) is 25.6. The van der Waals surface area contributed by atoms with Crippen LogP contribution in [0.5, 0.6) is 0 Å². The summed E-state index contributed by atoms with van der Waals surface area (Å²) in [6.45, 7) is 9.66. The first kappa shape index (κ1) is 32.7. The number of aromatic nitrogens is 4. The summed E-state index contributed by atoms with van der Waals surface area (Å²) < 4.78 is 37.4. The molecule has 1 saturated heterocycles. The molecule has 0 saturated carbocycles. The second-order valence-corrected chi connectivity index (χ2v) is 13.8. The van der Waals surface area contributed by atoms with Gasteiger partial charge in [0.05, 0.1) is 25.6 Å². The molecule has 2 unspecified atom stereocenters. The molecule has 0 aliphatic carbocycles. The number of halogens is 1. The topological polar surface area (TPSA) is 190 Å². The number of esters is 1. The Morgan fingerprint density at radius 1 is 1.27 bits per heavy atom. The third-order valence-corrected chi connectivity index (χ3v) is 9.05. The molecule has 2 aromatic heterocycles. The molecule has 0 radical (unpaired) electrons. The Kier molecular flexibility index (Phi) is 11.0. The second kappa shape index (κ2) is 13.4. The van der Waals surface area contributed by atoms with Gasteiger partial charge in [0, 0.05) is 11.2 Å². The van der Waals surface area contributed by atoms with Crippen molar-refractivity contribution in [1.82, 2.24) is 24.6 Å². The van der Waals surface area contributed by atoms with Crippen molar-refractivity contribution in [3.63, 3.8) is 0 Å². The van der Waals surface area contributed by atoms with Crippen LogP contribution in [0.25, 0.3) is 11.2 Å². The van der Waals surface area contributed by atoms with Crippen LogP contribution in [0.2, 0.25) is 0 Å². The number of anilines is 1. The summed E-state index contributed by atoms with van der Waals surface area (Å²) in [6.07, 6.45) is -0.879. The Morgan fingerprint density at radius 3 is 2.62 bits per heavy atom. The van der Waals surface area contributed by atoms with Crippen molar-refractivity contribution in [3.8, 4) is 0 Å². The molecule has 0 aromatic carbocycles. The van der Waals surface area contributed by atoms with Crippen LogP contribution in [0.3, 0.4) is 0 Å². The molecule has 0 spiro atoms. The van der Waals surface area contributed by atoms with Gasteiger partial charge in [0.2, 0.25) is 0 Å². The highest BCUT2D eigenvalue weighted by Gasteiger charge is 2.45. The number of hydrogen-bond donors (Lipinski definition) is 3. The highest BCUT2D eigenvalue weighted by atomic mass is 35.5. The molecule has 1 aliphatic rings. The Morgan fingerprint density at radius 2 is 1.98 bits per heavy atom. The van der Waals surface area contributed by atoms with Crippen LogP contribution in [0.1, 0.15) is 47.8 Å². The highest BCUT2D eigenvalue weighted by molar-refractivity contribution is 8.13. The highest BCUT2D eigenvalue weighted by Crippen LogP contribution is 2.46. The van der Waals surface area contributed by atoms with Gasteiger partial charge in [-0.25, -0.2) is 24.6 Å². The van der Waals surface area contributed by atoms with Gasteiger partial charge in [-0.15, -0.1) is 11.6 Å². The first-order valence-electron chi connectivity index (χ1n) is 12.6. The average Bonchev–Trinajstić information content (AvgIpc) is 3.41. The predicted molar refractivity (Wildman–Crippen MR) is 150 cm³/mol. The number of nitrogens with one attached hydrogen (secondary N) is 1. The Bertz CT molecular complexity index is 1240. The van der Waals surface area contributed by atoms with Crippen molar-refractivity contribution in [3.05, 3.63) is 12.7 Å². The first-order valence-corrected chi connectivity index (χ1v) is 15.5. The van der Waals surface area contributed by atoms with Gasteiger partial charge >= 0.3 is 13.7 Å². The molecule has 1 aliphatic heterocycles. The van der Waals surface area contributed by atoms with E-state index in [1.165, 1.54) is 24.1 Å². The lowest BCUT2D eigenvalue weighted by Gasteiger charge is -2.25. The lowest BCUT2D eigenvalue weighted by molar-refractivity contribution is -0.149.